The van der Waals surface area contributed by atoms with Crippen LogP contribution in [0.5, 0.6) is 0 Å². The molecule has 3 heterocycles. The summed E-state index contributed by atoms with van der Waals surface area (Å²) in [6.45, 7) is 1.38. The Labute approximate surface area is 125 Å². The summed E-state index contributed by atoms with van der Waals surface area (Å²) in [4.78, 5) is 29.7. The highest BCUT2D eigenvalue weighted by Crippen LogP contribution is 2.32. The van der Waals surface area contributed by atoms with Gasteiger partial charge in [0, 0.05) is 13.2 Å². The lowest BCUT2D eigenvalue weighted by atomic mass is 10.2. The lowest BCUT2D eigenvalue weighted by Gasteiger charge is -2.32. The van der Waals surface area contributed by atoms with Gasteiger partial charge < -0.3 is 19.5 Å². The second-order valence-electron chi connectivity index (χ2n) is 4.99. The third-order valence-electron chi connectivity index (χ3n) is 3.61. The highest BCUT2D eigenvalue weighted by atomic mass is 32.1. The molecule has 8 heteroatoms. The van der Waals surface area contributed by atoms with Gasteiger partial charge in [-0.05, 0) is 12.8 Å². The lowest BCUT2D eigenvalue weighted by molar-refractivity contribution is -0.147. The Bertz CT molecular complexity index is 540. The fraction of sp³-hybridized carbons (Fsp3) is 0.615. The van der Waals surface area contributed by atoms with Crippen molar-refractivity contribution in [2.75, 3.05) is 26.4 Å². The molecule has 1 aromatic rings. The summed E-state index contributed by atoms with van der Waals surface area (Å²) in [5.41, 5.74) is 0. The van der Waals surface area contributed by atoms with E-state index in [-0.39, 0.29) is 25.2 Å². The second kappa shape index (κ2) is 6.08. The smallest absolute Gasteiger partial charge is 0.328 e. The topological polar surface area (TPSA) is 89.0 Å². The van der Waals surface area contributed by atoms with Crippen LogP contribution in [-0.4, -0.2) is 59.3 Å². The first-order valence-electron chi connectivity index (χ1n) is 6.85. The molecule has 0 aromatic carbocycles. The summed E-state index contributed by atoms with van der Waals surface area (Å²) in [5, 5.41) is 9.96. The Morgan fingerprint density at radius 1 is 1.43 bits per heavy atom. The number of aliphatic carboxylic acids is 1. The number of rotatable bonds is 3. The Morgan fingerprint density at radius 2 is 2.29 bits per heavy atom. The molecule has 2 aliphatic heterocycles. The van der Waals surface area contributed by atoms with Crippen molar-refractivity contribution in [2.45, 2.75) is 25.0 Å². The van der Waals surface area contributed by atoms with Gasteiger partial charge in [-0.3, -0.25) is 4.79 Å². The fourth-order valence-corrected chi connectivity index (χ4v) is 3.46. The van der Waals surface area contributed by atoms with E-state index in [0.717, 1.165) is 24.5 Å². The molecule has 0 spiro atoms. The molecule has 114 valence electrons. The Morgan fingerprint density at radius 3 is 3.00 bits per heavy atom. The second-order valence-corrected chi connectivity index (χ2v) is 6.05. The quantitative estimate of drug-likeness (QED) is 0.893. The van der Waals surface area contributed by atoms with Gasteiger partial charge in [-0.25, -0.2) is 9.78 Å². The molecule has 2 fully saturated rings. The lowest BCUT2D eigenvalue weighted by Crippen LogP contribution is -2.52. The van der Waals surface area contributed by atoms with Crippen LogP contribution >= 0.6 is 11.3 Å². The van der Waals surface area contributed by atoms with Gasteiger partial charge in [0.15, 0.2) is 6.04 Å². The number of hydrogen-bond acceptors (Lipinski definition) is 6. The maximum atomic E-state index is 12.5. The van der Waals surface area contributed by atoms with Crippen molar-refractivity contribution >= 4 is 23.2 Å². The van der Waals surface area contributed by atoms with E-state index >= 15 is 0 Å². The molecule has 2 saturated heterocycles. The van der Waals surface area contributed by atoms with Gasteiger partial charge in [-0.15, -0.1) is 11.3 Å². The van der Waals surface area contributed by atoms with Gasteiger partial charge in [-0.1, -0.05) is 0 Å². The van der Waals surface area contributed by atoms with Crippen molar-refractivity contribution in [3.8, 4) is 0 Å². The van der Waals surface area contributed by atoms with E-state index in [0.29, 0.717) is 11.5 Å². The van der Waals surface area contributed by atoms with Crippen LogP contribution in [0.15, 0.2) is 6.20 Å². The summed E-state index contributed by atoms with van der Waals surface area (Å²) in [6, 6.07) is -0.931. The minimum Gasteiger partial charge on any atom is -0.480 e. The van der Waals surface area contributed by atoms with Crippen molar-refractivity contribution < 1.29 is 24.2 Å². The summed E-state index contributed by atoms with van der Waals surface area (Å²) < 4.78 is 10.7. The largest absolute Gasteiger partial charge is 0.480 e. The number of carboxylic acid groups (broad SMARTS) is 1. The minimum absolute atomic E-state index is 0.0263. The van der Waals surface area contributed by atoms with E-state index in [1.54, 1.807) is 0 Å². The third kappa shape index (κ3) is 2.92. The van der Waals surface area contributed by atoms with Crippen LogP contribution in [0.4, 0.5) is 0 Å². The van der Waals surface area contributed by atoms with E-state index in [2.05, 4.69) is 4.98 Å². The molecule has 2 atom stereocenters. The van der Waals surface area contributed by atoms with Crippen LogP contribution in [0.25, 0.3) is 0 Å². The molecular weight excluding hydrogens is 296 g/mol. The zero-order valence-corrected chi connectivity index (χ0v) is 12.2. The van der Waals surface area contributed by atoms with Crippen LogP contribution in [-0.2, 0) is 14.3 Å². The number of nitrogens with zero attached hydrogens (tertiary/aromatic N) is 2. The SMILES string of the molecule is O=C(O)C1COCCN1C(=O)c1cnc(C2CCCO2)s1. The fourth-order valence-electron chi connectivity index (χ4n) is 2.50. The predicted molar refractivity (Wildman–Crippen MR) is 73.3 cm³/mol. The molecule has 7 nitrogen and oxygen atoms in total. The maximum absolute atomic E-state index is 12.5. The van der Waals surface area contributed by atoms with E-state index in [4.69, 9.17) is 9.47 Å². The molecule has 0 radical (unpaired) electrons. The van der Waals surface area contributed by atoms with Crippen LogP contribution in [0, 0.1) is 0 Å². The molecule has 21 heavy (non-hydrogen) atoms. The molecule has 1 aromatic heterocycles. The number of morpholine rings is 1. The summed E-state index contributed by atoms with van der Waals surface area (Å²) in [5.74, 6) is -1.35. The summed E-state index contributed by atoms with van der Waals surface area (Å²) in [7, 11) is 0. The van der Waals surface area contributed by atoms with E-state index in [1.807, 2.05) is 0 Å². The molecule has 3 rings (SSSR count). The predicted octanol–water partition coefficient (Wildman–Crippen LogP) is 0.920. The number of hydrogen-bond donors (Lipinski definition) is 1. The number of aromatic nitrogens is 1. The zero-order chi connectivity index (χ0) is 14.8. The number of amides is 1. The molecule has 2 aliphatic rings. The number of carbonyl (C=O) groups excluding carboxylic acids is 1. The first-order valence-corrected chi connectivity index (χ1v) is 7.67. The Balaban J connectivity index is 1.76. The molecule has 0 bridgehead atoms. The van der Waals surface area contributed by atoms with Crippen LogP contribution in [0.2, 0.25) is 0 Å². The summed E-state index contributed by atoms with van der Waals surface area (Å²) in [6.07, 6.45) is 3.39. The zero-order valence-electron chi connectivity index (χ0n) is 11.4. The molecule has 1 N–H and O–H groups in total. The minimum atomic E-state index is -1.05. The standard InChI is InChI=1S/C13H16N2O5S/c16-12(15-3-5-19-7-8(15)13(17)18)10-6-14-11(21-10)9-2-1-4-20-9/h6,8-9H,1-5,7H2,(H,17,18). The number of thiazole rings is 1. The van der Waals surface area contributed by atoms with Gasteiger partial charge in [0.25, 0.3) is 5.91 Å². The molecule has 0 saturated carbocycles. The average Bonchev–Trinajstić information content (AvgIpc) is 3.17. The van der Waals surface area contributed by atoms with Crippen molar-refractivity contribution in [2.24, 2.45) is 0 Å². The molecule has 2 unspecified atom stereocenters. The Hall–Kier alpha value is -1.51. The van der Waals surface area contributed by atoms with Gasteiger partial charge >= 0.3 is 5.97 Å². The van der Waals surface area contributed by atoms with Crippen molar-refractivity contribution in [1.29, 1.82) is 0 Å². The van der Waals surface area contributed by atoms with E-state index in [1.165, 1.54) is 22.4 Å². The van der Waals surface area contributed by atoms with Crippen molar-refractivity contribution in [3.63, 3.8) is 0 Å². The maximum Gasteiger partial charge on any atom is 0.328 e. The normalized spacial score (nSPS) is 26.0. The van der Waals surface area contributed by atoms with E-state index in [9.17, 15) is 14.7 Å². The first-order chi connectivity index (χ1) is 10.2. The van der Waals surface area contributed by atoms with Crippen LogP contribution in [0.3, 0.4) is 0 Å². The van der Waals surface area contributed by atoms with Crippen molar-refractivity contribution in [3.05, 3.63) is 16.1 Å². The van der Waals surface area contributed by atoms with Crippen LogP contribution < -0.4 is 0 Å². The molecule has 0 aliphatic carbocycles. The number of carbonyl (C=O) groups is 2. The van der Waals surface area contributed by atoms with Gasteiger partial charge in [0.2, 0.25) is 0 Å². The Kier molecular flexibility index (Phi) is 4.18. The van der Waals surface area contributed by atoms with E-state index < -0.39 is 12.0 Å². The number of ether oxygens (including phenoxy) is 2. The molecule has 1 amide bonds. The van der Waals surface area contributed by atoms with Crippen LogP contribution in [0.1, 0.15) is 33.6 Å². The average molecular weight is 312 g/mol. The van der Waals surface area contributed by atoms with Gasteiger partial charge in [0.1, 0.15) is 16.0 Å². The highest BCUT2D eigenvalue weighted by molar-refractivity contribution is 7.13. The number of carboxylic acids is 1. The molecular formula is C13H16N2O5S. The van der Waals surface area contributed by atoms with Gasteiger partial charge in [0.05, 0.1) is 19.4 Å². The highest BCUT2D eigenvalue weighted by Gasteiger charge is 2.34. The van der Waals surface area contributed by atoms with Gasteiger partial charge in [-0.2, -0.15) is 0 Å². The van der Waals surface area contributed by atoms with Crippen molar-refractivity contribution in [1.82, 2.24) is 9.88 Å². The third-order valence-corrected chi connectivity index (χ3v) is 4.69. The monoisotopic (exact) mass is 312 g/mol. The summed E-state index contributed by atoms with van der Waals surface area (Å²) >= 11 is 1.28. The first kappa shape index (κ1) is 14.4.